The topological polar surface area (TPSA) is 169 Å². The van der Waals surface area contributed by atoms with Gasteiger partial charge in [0.05, 0.1) is 49.7 Å². The molecule has 68 heavy (non-hydrogen) atoms. The molecule has 1 aromatic heterocycles. The van der Waals surface area contributed by atoms with Gasteiger partial charge in [-0.25, -0.2) is 19.2 Å². The number of alkyl halides is 3. The fourth-order valence-corrected chi connectivity index (χ4v) is 7.01. The Bertz CT molecular complexity index is 2600. The number of benzene rings is 5. The Morgan fingerprint density at radius 1 is 0.529 bits per heavy atom. The Labute approximate surface area is 389 Å². The summed E-state index contributed by atoms with van der Waals surface area (Å²) in [7, 11) is 0. The maximum Gasteiger partial charge on any atom is 0.416 e. The summed E-state index contributed by atoms with van der Waals surface area (Å²) in [6, 6.07) is 24.0. The molecule has 1 heterocycles. The van der Waals surface area contributed by atoms with Crippen molar-refractivity contribution in [3.63, 3.8) is 0 Å². The fraction of sp³-hybridized carbons (Fsp3) is 0.269. The number of carbonyl (C=O) groups is 4. The van der Waals surface area contributed by atoms with Crippen LogP contribution >= 0.6 is 0 Å². The van der Waals surface area contributed by atoms with Crippen molar-refractivity contribution in [3.8, 4) is 34.8 Å². The molecule has 0 spiro atoms. The van der Waals surface area contributed by atoms with Gasteiger partial charge in [0.25, 0.3) is 0 Å². The van der Waals surface area contributed by atoms with Crippen molar-refractivity contribution in [1.82, 2.24) is 4.57 Å². The van der Waals surface area contributed by atoms with Crippen molar-refractivity contribution in [3.05, 3.63) is 145 Å². The Morgan fingerprint density at radius 3 is 1.34 bits per heavy atom. The van der Waals surface area contributed by atoms with Crippen molar-refractivity contribution in [2.24, 2.45) is 0 Å². The molecule has 0 aliphatic heterocycles. The van der Waals surface area contributed by atoms with E-state index in [1.165, 1.54) is 12.1 Å². The highest BCUT2D eigenvalue weighted by Crippen LogP contribution is 2.48. The minimum Gasteiger partial charge on any atom is -0.494 e. The van der Waals surface area contributed by atoms with E-state index in [0.29, 0.717) is 48.7 Å². The number of hydrogen-bond acceptors (Lipinski definition) is 12. The predicted molar refractivity (Wildman–Crippen MR) is 246 cm³/mol. The van der Waals surface area contributed by atoms with Gasteiger partial charge in [-0.3, -0.25) is 4.57 Å². The summed E-state index contributed by atoms with van der Waals surface area (Å²) in [5.74, 6) is -4.71. The van der Waals surface area contributed by atoms with Gasteiger partial charge in [0.15, 0.2) is 0 Å². The van der Waals surface area contributed by atoms with E-state index in [1.807, 2.05) is 12.1 Å². The Hall–Kier alpha value is -7.75. The third-order valence-electron chi connectivity index (χ3n) is 10.7. The first-order valence-electron chi connectivity index (χ1n) is 21.9. The highest BCUT2D eigenvalue weighted by Gasteiger charge is 2.32. The van der Waals surface area contributed by atoms with E-state index in [4.69, 9.17) is 28.4 Å². The molecule has 0 aliphatic rings. The van der Waals surface area contributed by atoms with E-state index in [0.717, 1.165) is 103 Å². The minimum atomic E-state index is -4.60. The summed E-state index contributed by atoms with van der Waals surface area (Å²) in [5, 5.41) is 25.6. The third-order valence-corrected chi connectivity index (χ3v) is 10.7. The molecule has 13 nitrogen and oxygen atoms in total. The van der Waals surface area contributed by atoms with E-state index >= 15 is 0 Å². The molecule has 0 fully saturated rings. The van der Waals surface area contributed by atoms with Crippen molar-refractivity contribution in [2.75, 3.05) is 26.4 Å². The molecule has 0 atom stereocenters. The summed E-state index contributed by atoms with van der Waals surface area (Å²) in [6.07, 6.45) is 4.17. The summed E-state index contributed by atoms with van der Waals surface area (Å²) in [6.45, 7) is 7.92. The van der Waals surface area contributed by atoms with Crippen LogP contribution in [0.4, 0.5) is 13.2 Å². The van der Waals surface area contributed by atoms with Gasteiger partial charge in [-0.2, -0.15) is 13.2 Å². The number of carbonyl (C=O) groups excluding carboxylic acids is 4. The average molecular weight is 938 g/mol. The first kappa shape index (κ1) is 49.7. The highest BCUT2D eigenvalue weighted by atomic mass is 19.4. The fourth-order valence-electron chi connectivity index (χ4n) is 7.01. The van der Waals surface area contributed by atoms with E-state index < -0.39 is 65.4 Å². The second-order valence-corrected chi connectivity index (χ2v) is 15.6. The number of aromatic nitrogens is 1. The summed E-state index contributed by atoms with van der Waals surface area (Å²) < 4.78 is 73.7. The van der Waals surface area contributed by atoms with Crippen molar-refractivity contribution < 1.29 is 71.0 Å². The number of halogens is 3. The highest BCUT2D eigenvalue weighted by molar-refractivity contribution is 5.99. The lowest BCUT2D eigenvalue weighted by molar-refractivity contribution is -0.138. The van der Waals surface area contributed by atoms with Crippen LogP contribution in [0.3, 0.4) is 0 Å². The lowest BCUT2D eigenvalue weighted by Gasteiger charge is -2.10. The van der Waals surface area contributed by atoms with E-state index in [-0.39, 0.29) is 16.7 Å². The van der Waals surface area contributed by atoms with Crippen molar-refractivity contribution in [2.45, 2.75) is 64.1 Å². The maximum absolute atomic E-state index is 13.7. The van der Waals surface area contributed by atoms with Gasteiger partial charge < -0.3 is 38.6 Å². The molecule has 0 amide bonds. The van der Waals surface area contributed by atoms with Crippen LogP contribution < -0.4 is 18.9 Å². The first-order chi connectivity index (χ1) is 32.7. The van der Waals surface area contributed by atoms with Gasteiger partial charge in [-0.1, -0.05) is 49.6 Å². The molecule has 0 radical (unpaired) electrons. The minimum absolute atomic E-state index is 0.0400. The molecule has 16 heteroatoms. The Morgan fingerprint density at radius 2 is 0.926 bits per heavy atom. The molecule has 0 saturated heterocycles. The number of ether oxygens (including phenoxy) is 6. The molecule has 356 valence electrons. The normalized spacial score (nSPS) is 11.2. The lowest BCUT2D eigenvalue weighted by Crippen LogP contribution is -2.12. The predicted octanol–water partition coefficient (Wildman–Crippen LogP) is 11.0. The van der Waals surface area contributed by atoms with Crippen LogP contribution in [0.25, 0.3) is 21.5 Å². The SMILES string of the molecule is C=CC(=O)OCCCCCCOc1ccc2cc(C(=O)Oc3c(OC(=O)c4ccc5cc(OCCCCCCOC(=O)C=C)ccc5c4)c(O)n(Cc4ccc(C(F)(F)F)cc4)c3O)ccc2c1. The maximum atomic E-state index is 13.7. The van der Waals surface area contributed by atoms with Gasteiger partial charge in [0.1, 0.15) is 11.5 Å². The van der Waals surface area contributed by atoms with Crippen LogP contribution in [0.1, 0.15) is 83.2 Å². The zero-order valence-corrected chi connectivity index (χ0v) is 37.1. The number of fused-ring (bicyclic) bond motifs is 2. The standard InChI is InChI=1S/C52H50F3NO12/c1-3-44(57)65-27-11-7-5-9-25-63-42-23-19-35-29-39(17-15-37(35)31-42)50(61)67-46-47(49(60)56(48(46)59)33-34-13-21-41(22-14-34)52(53,54)55)68-51(62)40-18-16-38-32-43(24-20-36(38)30-40)64-26-10-6-8-12-28-66-45(58)4-2/h3-4,13-24,29-32,59-60H,1-2,5-12,25-28,33H2. The van der Waals surface area contributed by atoms with Crippen molar-refractivity contribution >= 4 is 45.4 Å². The number of hydrogen-bond donors (Lipinski definition) is 2. The van der Waals surface area contributed by atoms with Gasteiger partial charge in [-0.05, 0) is 139 Å². The molecule has 6 rings (SSSR count). The van der Waals surface area contributed by atoms with Crippen LogP contribution in [0.15, 0.2) is 122 Å². The number of nitrogens with zero attached hydrogens (tertiary/aromatic N) is 1. The monoisotopic (exact) mass is 937 g/mol. The molecule has 0 unspecified atom stereocenters. The molecular weight excluding hydrogens is 888 g/mol. The molecule has 0 saturated carbocycles. The van der Waals surface area contributed by atoms with Crippen LogP contribution in [-0.2, 0) is 31.8 Å². The number of esters is 4. The molecule has 2 N–H and O–H groups in total. The Balaban J connectivity index is 1.14. The van der Waals surface area contributed by atoms with E-state index in [2.05, 4.69) is 13.2 Å². The molecule has 6 aromatic rings. The van der Waals surface area contributed by atoms with Crippen LogP contribution in [-0.4, -0.2) is 65.1 Å². The van der Waals surface area contributed by atoms with Crippen molar-refractivity contribution in [1.29, 1.82) is 0 Å². The van der Waals surface area contributed by atoms with Gasteiger partial charge in [0, 0.05) is 12.2 Å². The molecule has 0 bridgehead atoms. The van der Waals surface area contributed by atoms with Crippen LogP contribution in [0.2, 0.25) is 0 Å². The molecular formula is C52H50F3NO12. The van der Waals surface area contributed by atoms with E-state index in [1.54, 1.807) is 48.5 Å². The quantitative estimate of drug-likeness (QED) is 0.0335. The second-order valence-electron chi connectivity index (χ2n) is 15.6. The Kier molecular flexibility index (Phi) is 17.3. The summed E-state index contributed by atoms with van der Waals surface area (Å²) >= 11 is 0. The first-order valence-corrected chi connectivity index (χ1v) is 21.9. The third kappa shape index (κ3) is 13.7. The van der Waals surface area contributed by atoms with Crippen LogP contribution in [0, 0.1) is 0 Å². The number of rotatable bonds is 24. The van der Waals surface area contributed by atoms with Gasteiger partial charge >= 0.3 is 30.1 Å². The lowest BCUT2D eigenvalue weighted by atomic mass is 10.1. The zero-order chi connectivity index (χ0) is 48.6. The zero-order valence-electron chi connectivity index (χ0n) is 37.1. The largest absolute Gasteiger partial charge is 0.494 e. The molecule has 0 aliphatic carbocycles. The number of unbranched alkanes of at least 4 members (excludes halogenated alkanes) is 6. The summed E-state index contributed by atoms with van der Waals surface area (Å²) in [5.41, 5.74) is -0.610. The van der Waals surface area contributed by atoms with E-state index in [9.17, 15) is 42.6 Å². The van der Waals surface area contributed by atoms with Gasteiger partial charge in [0.2, 0.25) is 23.3 Å². The van der Waals surface area contributed by atoms with Crippen LogP contribution in [0.5, 0.6) is 34.8 Å². The average Bonchev–Trinajstić information content (AvgIpc) is 3.54. The number of aromatic hydroxyl groups is 2. The molecule has 5 aromatic carbocycles. The second kappa shape index (κ2) is 23.6. The summed E-state index contributed by atoms with van der Waals surface area (Å²) in [4.78, 5) is 49.7. The van der Waals surface area contributed by atoms with Gasteiger partial charge in [-0.15, -0.1) is 0 Å². The smallest absolute Gasteiger partial charge is 0.416 e.